The third-order valence-electron chi connectivity index (χ3n) is 8.10. The largest absolute Gasteiger partial charge is 0.491 e. The van der Waals surface area contributed by atoms with Gasteiger partial charge in [-0.15, -0.1) is 0 Å². The molecule has 7 atom stereocenters. The fraction of sp³-hybridized carbons (Fsp3) is 0.704. The zero-order valence-electron chi connectivity index (χ0n) is 19.1. The molecule has 0 aromatic carbocycles. The van der Waals surface area contributed by atoms with E-state index in [1.807, 2.05) is 0 Å². The van der Waals surface area contributed by atoms with Crippen LogP contribution in [0.3, 0.4) is 0 Å². The van der Waals surface area contributed by atoms with Crippen LogP contribution in [0, 0.1) is 29.6 Å². The maximum absolute atomic E-state index is 14.3. The van der Waals surface area contributed by atoms with Crippen molar-refractivity contribution < 1.29 is 18.3 Å². The lowest BCUT2D eigenvalue weighted by molar-refractivity contribution is 0.0405. The molecule has 0 bridgehead atoms. The lowest BCUT2D eigenvalue weighted by Gasteiger charge is -2.44. The molecule has 172 valence electrons. The van der Waals surface area contributed by atoms with E-state index < -0.39 is 18.1 Å². The molecule has 4 aliphatic carbocycles. The minimum atomic E-state index is -1.80. The highest BCUT2D eigenvalue weighted by Gasteiger charge is 2.37. The van der Waals surface area contributed by atoms with Gasteiger partial charge in [0.2, 0.25) is 0 Å². The second-order valence-corrected chi connectivity index (χ2v) is 9.90. The van der Waals surface area contributed by atoms with Gasteiger partial charge in [-0.2, -0.15) is 0 Å². The average Bonchev–Trinajstić information content (AvgIpc) is 2.81. The van der Waals surface area contributed by atoms with Crippen LogP contribution in [0.15, 0.2) is 47.5 Å². The van der Waals surface area contributed by atoms with Gasteiger partial charge < -0.3 is 9.47 Å². The monoisotopic (exact) mass is 432 g/mol. The summed E-state index contributed by atoms with van der Waals surface area (Å²) in [7, 11) is 0. The molecular weight excluding hydrogens is 394 g/mol. The Labute approximate surface area is 186 Å². The minimum absolute atomic E-state index is 0.0210. The van der Waals surface area contributed by atoms with Gasteiger partial charge in [-0.1, -0.05) is 38.0 Å². The van der Waals surface area contributed by atoms with Gasteiger partial charge >= 0.3 is 0 Å². The van der Waals surface area contributed by atoms with Crippen LogP contribution in [0.2, 0.25) is 0 Å². The number of hydrogen-bond acceptors (Lipinski definition) is 2. The summed E-state index contributed by atoms with van der Waals surface area (Å²) < 4.78 is 39.2. The van der Waals surface area contributed by atoms with Crippen LogP contribution >= 0.6 is 0 Å². The van der Waals surface area contributed by atoms with Gasteiger partial charge in [0.15, 0.2) is 17.8 Å². The first-order valence-electron chi connectivity index (χ1n) is 12.4. The fourth-order valence-corrected chi connectivity index (χ4v) is 6.16. The van der Waals surface area contributed by atoms with Gasteiger partial charge in [-0.3, -0.25) is 0 Å². The molecule has 0 heterocycles. The normalized spacial score (nSPS) is 38.1. The van der Waals surface area contributed by atoms with E-state index in [1.165, 1.54) is 51.0 Å². The maximum Gasteiger partial charge on any atom is 0.185 e. The molecule has 0 aromatic rings. The van der Waals surface area contributed by atoms with E-state index in [0.29, 0.717) is 19.1 Å². The third kappa shape index (κ3) is 5.32. The Kier molecular flexibility index (Phi) is 7.68. The molecule has 31 heavy (non-hydrogen) atoms. The summed E-state index contributed by atoms with van der Waals surface area (Å²) in [5.41, 5.74) is 1.06. The smallest absolute Gasteiger partial charge is 0.185 e. The molecule has 0 N–H and O–H groups in total. The Balaban J connectivity index is 1.24. The molecule has 0 aliphatic heterocycles. The van der Waals surface area contributed by atoms with Crippen LogP contribution in [0.5, 0.6) is 0 Å². The highest BCUT2D eigenvalue weighted by molar-refractivity contribution is 5.28. The summed E-state index contributed by atoms with van der Waals surface area (Å²) in [6.45, 7) is 4.72. The van der Waals surface area contributed by atoms with Crippen LogP contribution in [-0.4, -0.2) is 25.5 Å². The zero-order valence-corrected chi connectivity index (χ0v) is 19.1. The Morgan fingerprint density at radius 2 is 1.74 bits per heavy atom. The summed E-state index contributed by atoms with van der Waals surface area (Å²) in [6.07, 6.45) is 17.9. The Morgan fingerprint density at radius 1 is 0.968 bits per heavy atom. The number of alkyl halides is 1. The predicted octanol–water partition coefficient (Wildman–Crippen LogP) is 7.24. The van der Waals surface area contributed by atoms with Crippen LogP contribution in [0.1, 0.15) is 65.2 Å². The number of hydrogen-bond donors (Lipinski definition) is 0. The molecule has 4 aliphatic rings. The van der Waals surface area contributed by atoms with E-state index in [4.69, 9.17) is 9.47 Å². The SMILES string of the molecule is CCOC1=C(F)C(F)C(OCC2=CCC(C3CCC4CC(CC)CCC4C3)C=C2)C=C1. The molecule has 0 radical (unpaired) electrons. The van der Waals surface area contributed by atoms with E-state index >= 15 is 0 Å². The van der Waals surface area contributed by atoms with E-state index in [2.05, 4.69) is 25.2 Å². The van der Waals surface area contributed by atoms with Gasteiger partial charge in [-0.05, 0) is 92.8 Å². The molecule has 4 heteroatoms. The van der Waals surface area contributed by atoms with E-state index in [1.54, 1.807) is 13.0 Å². The van der Waals surface area contributed by atoms with Crippen LogP contribution < -0.4 is 0 Å². The zero-order chi connectivity index (χ0) is 21.8. The summed E-state index contributed by atoms with van der Waals surface area (Å²) in [5, 5.41) is 0. The molecule has 0 saturated heterocycles. The van der Waals surface area contributed by atoms with Crippen LogP contribution in [-0.2, 0) is 9.47 Å². The van der Waals surface area contributed by atoms with Crippen molar-refractivity contribution in [3.63, 3.8) is 0 Å². The highest BCUT2D eigenvalue weighted by atomic mass is 19.2. The lowest BCUT2D eigenvalue weighted by Crippen LogP contribution is -2.33. The number of ether oxygens (including phenoxy) is 2. The first-order valence-corrected chi connectivity index (χ1v) is 12.4. The Morgan fingerprint density at radius 3 is 2.48 bits per heavy atom. The Hall–Kier alpha value is -1.42. The topological polar surface area (TPSA) is 18.5 Å². The Bertz CT molecular complexity index is 738. The molecule has 0 spiro atoms. The second kappa shape index (κ2) is 10.5. The molecule has 7 unspecified atom stereocenters. The van der Waals surface area contributed by atoms with Crippen molar-refractivity contribution in [2.45, 2.75) is 77.5 Å². The summed E-state index contributed by atoms with van der Waals surface area (Å²) in [5.74, 6) is 3.40. The van der Waals surface area contributed by atoms with E-state index in [0.717, 1.165) is 35.7 Å². The standard InChI is InChI=1S/C27H38F2O2/c1-3-18-5-10-23-16-22(12-11-21(23)15-18)20-8-6-19(7-9-20)17-31-25-14-13-24(30-4-2)26(28)27(25)29/h6-8,13-14,18,20-23,25,27H,3-5,9-12,15-17H2,1-2H3. The van der Waals surface area contributed by atoms with Crippen LogP contribution in [0.25, 0.3) is 0 Å². The summed E-state index contributed by atoms with van der Waals surface area (Å²) in [6, 6.07) is 0. The van der Waals surface area contributed by atoms with Gasteiger partial charge in [0.25, 0.3) is 0 Å². The van der Waals surface area contributed by atoms with Gasteiger partial charge in [0.05, 0.1) is 13.2 Å². The second-order valence-electron chi connectivity index (χ2n) is 9.90. The van der Waals surface area contributed by atoms with Gasteiger partial charge in [0, 0.05) is 0 Å². The average molecular weight is 433 g/mol. The molecule has 0 amide bonds. The number of rotatable bonds is 7. The van der Waals surface area contributed by atoms with E-state index in [9.17, 15) is 8.78 Å². The molecule has 2 nitrogen and oxygen atoms in total. The first-order chi connectivity index (χ1) is 15.1. The van der Waals surface area contributed by atoms with Crippen molar-refractivity contribution in [2.75, 3.05) is 13.2 Å². The molecular formula is C27H38F2O2. The highest BCUT2D eigenvalue weighted by Crippen LogP contribution is 2.48. The van der Waals surface area contributed by atoms with Crippen molar-refractivity contribution in [3.8, 4) is 0 Å². The quantitative estimate of drug-likeness (QED) is 0.422. The number of fused-ring (bicyclic) bond motifs is 1. The van der Waals surface area contributed by atoms with Crippen molar-refractivity contribution in [3.05, 3.63) is 47.5 Å². The predicted molar refractivity (Wildman–Crippen MR) is 121 cm³/mol. The third-order valence-corrected chi connectivity index (χ3v) is 8.10. The summed E-state index contributed by atoms with van der Waals surface area (Å²) >= 11 is 0. The number of halogens is 2. The maximum atomic E-state index is 14.3. The van der Waals surface area contributed by atoms with Crippen LogP contribution in [0.4, 0.5) is 8.78 Å². The van der Waals surface area contributed by atoms with Crippen molar-refractivity contribution in [2.24, 2.45) is 29.6 Å². The molecule has 4 rings (SSSR count). The van der Waals surface area contributed by atoms with Crippen molar-refractivity contribution in [1.82, 2.24) is 0 Å². The number of allylic oxidation sites excluding steroid dienone is 3. The minimum Gasteiger partial charge on any atom is -0.491 e. The van der Waals surface area contributed by atoms with Crippen molar-refractivity contribution >= 4 is 0 Å². The molecule has 2 fully saturated rings. The summed E-state index contributed by atoms with van der Waals surface area (Å²) in [4.78, 5) is 0. The van der Waals surface area contributed by atoms with Gasteiger partial charge in [-0.25, -0.2) is 8.78 Å². The van der Waals surface area contributed by atoms with Crippen molar-refractivity contribution in [1.29, 1.82) is 0 Å². The van der Waals surface area contributed by atoms with E-state index in [-0.39, 0.29) is 5.76 Å². The molecule has 0 aromatic heterocycles. The molecule has 2 saturated carbocycles. The lowest BCUT2D eigenvalue weighted by atomic mass is 9.62. The first kappa shape index (κ1) is 22.8. The van der Waals surface area contributed by atoms with Gasteiger partial charge in [0.1, 0.15) is 6.10 Å². The fourth-order valence-electron chi connectivity index (χ4n) is 6.16.